The molecule has 0 aliphatic carbocycles. The highest BCUT2D eigenvalue weighted by Gasteiger charge is 2.10. The number of hydrogen-bond donors (Lipinski definition) is 2. The van der Waals surface area contributed by atoms with Gasteiger partial charge in [-0.2, -0.15) is 0 Å². The van der Waals surface area contributed by atoms with Gasteiger partial charge in [0.15, 0.2) is 0 Å². The van der Waals surface area contributed by atoms with Gasteiger partial charge in [0, 0.05) is 25.9 Å². The maximum absolute atomic E-state index is 11.8. The van der Waals surface area contributed by atoms with Crippen LogP contribution < -0.4 is 15.4 Å². The number of thiophene rings is 1. The Bertz CT molecular complexity index is 706. The lowest BCUT2D eigenvalue weighted by atomic mass is 10.3. The predicted molar refractivity (Wildman–Crippen MR) is 97.8 cm³/mol. The van der Waals surface area contributed by atoms with Gasteiger partial charge in [0.2, 0.25) is 11.8 Å². The van der Waals surface area contributed by atoms with Gasteiger partial charge in [-0.05, 0) is 33.6 Å². The maximum atomic E-state index is 11.8. The van der Waals surface area contributed by atoms with Crippen LogP contribution in [0.25, 0.3) is 0 Å². The second-order valence-corrected chi connectivity index (χ2v) is 7.37. The molecule has 0 saturated heterocycles. The van der Waals surface area contributed by atoms with Crippen LogP contribution in [0.15, 0.2) is 34.2 Å². The lowest BCUT2D eigenvalue weighted by Crippen LogP contribution is -2.36. The minimum Gasteiger partial charge on any atom is -0.475 e. The second-order valence-electron chi connectivity index (χ2n) is 4.91. The first-order valence-electron chi connectivity index (χ1n) is 7.45. The number of carbonyl (C=O) groups excluding carboxylic acids is 2. The van der Waals surface area contributed by atoms with E-state index in [1.807, 2.05) is 6.07 Å². The summed E-state index contributed by atoms with van der Waals surface area (Å²) in [7, 11) is 1.60. The first-order chi connectivity index (χ1) is 12.1. The number of carbonyl (C=O) groups is 2. The minimum atomic E-state index is -0.274. The summed E-state index contributed by atoms with van der Waals surface area (Å²) in [6.45, 7) is 1.17. The molecular weight excluding hydrogens is 410 g/mol. The second kappa shape index (κ2) is 10.1. The van der Waals surface area contributed by atoms with Crippen LogP contribution in [0.2, 0.25) is 0 Å². The number of amides is 2. The summed E-state index contributed by atoms with van der Waals surface area (Å²) >= 11 is 4.60. The highest BCUT2D eigenvalue weighted by molar-refractivity contribution is 9.11. The SMILES string of the molecule is COCCOc1ccc(CNC(=O)CNC(=O)c2ccc(Br)s2)cn1. The summed E-state index contributed by atoms with van der Waals surface area (Å²) in [5.74, 6) is -0.0454. The normalized spacial score (nSPS) is 10.3. The minimum absolute atomic E-state index is 0.0833. The molecule has 0 aliphatic heterocycles. The third kappa shape index (κ3) is 6.81. The van der Waals surface area contributed by atoms with Gasteiger partial charge in [0.25, 0.3) is 5.91 Å². The molecule has 0 radical (unpaired) electrons. The molecule has 134 valence electrons. The summed E-state index contributed by atoms with van der Waals surface area (Å²) in [4.78, 5) is 28.3. The van der Waals surface area contributed by atoms with Crippen LogP contribution in [-0.4, -0.2) is 43.7 Å². The van der Waals surface area contributed by atoms with Crippen molar-refractivity contribution in [2.45, 2.75) is 6.54 Å². The monoisotopic (exact) mass is 427 g/mol. The number of nitrogens with zero attached hydrogens (tertiary/aromatic N) is 1. The van der Waals surface area contributed by atoms with E-state index in [-0.39, 0.29) is 18.4 Å². The number of pyridine rings is 1. The predicted octanol–water partition coefficient (Wildman–Crippen LogP) is 1.98. The molecule has 2 amide bonds. The number of methoxy groups -OCH3 is 1. The molecule has 0 unspecified atom stereocenters. The van der Waals surface area contributed by atoms with Crippen molar-refractivity contribution in [2.75, 3.05) is 26.9 Å². The van der Waals surface area contributed by atoms with Gasteiger partial charge in [0.1, 0.15) is 6.61 Å². The van der Waals surface area contributed by atoms with Crippen LogP contribution in [0.3, 0.4) is 0 Å². The highest BCUT2D eigenvalue weighted by atomic mass is 79.9. The van der Waals surface area contributed by atoms with Crippen molar-refractivity contribution in [3.8, 4) is 5.88 Å². The van der Waals surface area contributed by atoms with Crippen molar-refractivity contribution in [1.29, 1.82) is 0 Å². The molecule has 2 aromatic rings. The zero-order valence-corrected chi connectivity index (χ0v) is 16.0. The Labute approximate surface area is 157 Å². The van der Waals surface area contributed by atoms with Gasteiger partial charge in [-0.25, -0.2) is 4.98 Å². The largest absolute Gasteiger partial charge is 0.475 e. The van der Waals surface area contributed by atoms with E-state index in [9.17, 15) is 9.59 Å². The van der Waals surface area contributed by atoms with Gasteiger partial charge in [-0.1, -0.05) is 6.07 Å². The summed E-state index contributed by atoms with van der Waals surface area (Å²) < 4.78 is 11.1. The maximum Gasteiger partial charge on any atom is 0.261 e. The third-order valence-corrected chi connectivity index (χ3v) is 4.65. The number of aromatic nitrogens is 1. The van der Waals surface area contributed by atoms with Crippen molar-refractivity contribution in [2.24, 2.45) is 0 Å². The molecule has 0 spiro atoms. The fraction of sp³-hybridized carbons (Fsp3) is 0.312. The molecule has 2 N–H and O–H groups in total. The Balaban J connectivity index is 1.69. The number of rotatable bonds is 9. The van der Waals surface area contributed by atoms with Crippen molar-refractivity contribution in [3.63, 3.8) is 0 Å². The van der Waals surface area contributed by atoms with E-state index in [0.717, 1.165) is 9.35 Å². The van der Waals surface area contributed by atoms with E-state index in [0.29, 0.717) is 30.5 Å². The van der Waals surface area contributed by atoms with Crippen molar-refractivity contribution in [3.05, 3.63) is 44.7 Å². The Morgan fingerprint density at radius 2 is 2.04 bits per heavy atom. The molecule has 2 heterocycles. The Morgan fingerprint density at radius 3 is 2.68 bits per heavy atom. The first kappa shape index (κ1) is 19.4. The summed E-state index contributed by atoms with van der Waals surface area (Å²) in [5, 5.41) is 5.30. The quantitative estimate of drug-likeness (QED) is 0.597. The molecular formula is C16H18BrN3O4S. The molecule has 0 aromatic carbocycles. The zero-order chi connectivity index (χ0) is 18.1. The average Bonchev–Trinajstić information content (AvgIpc) is 3.05. The van der Waals surface area contributed by atoms with E-state index >= 15 is 0 Å². The Hall–Kier alpha value is -1.97. The molecule has 7 nitrogen and oxygen atoms in total. The number of hydrogen-bond acceptors (Lipinski definition) is 6. The highest BCUT2D eigenvalue weighted by Crippen LogP contribution is 2.21. The fourth-order valence-corrected chi connectivity index (χ4v) is 3.08. The van der Waals surface area contributed by atoms with Gasteiger partial charge < -0.3 is 20.1 Å². The molecule has 0 atom stereocenters. The van der Waals surface area contributed by atoms with Gasteiger partial charge in [-0.3, -0.25) is 9.59 Å². The number of ether oxygens (including phenoxy) is 2. The van der Waals surface area contributed by atoms with Gasteiger partial charge >= 0.3 is 0 Å². The lowest BCUT2D eigenvalue weighted by Gasteiger charge is -2.08. The van der Waals surface area contributed by atoms with E-state index in [1.54, 1.807) is 31.5 Å². The Morgan fingerprint density at radius 1 is 1.20 bits per heavy atom. The van der Waals surface area contributed by atoms with Crippen molar-refractivity contribution < 1.29 is 19.1 Å². The molecule has 0 bridgehead atoms. The van der Waals surface area contributed by atoms with Crippen LogP contribution in [0.4, 0.5) is 0 Å². The van der Waals surface area contributed by atoms with Crippen LogP contribution in [0.5, 0.6) is 5.88 Å². The lowest BCUT2D eigenvalue weighted by molar-refractivity contribution is -0.120. The summed E-state index contributed by atoms with van der Waals surface area (Å²) in [5.41, 5.74) is 0.834. The molecule has 0 saturated carbocycles. The van der Waals surface area contributed by atoms with Gasteiger partial charge in [0.05, 0.1) is 21.8 Å². The zero-order valence-electron chi connectivity index (χ0n) is 13.6. The van der Waals surface area contributed by atoms with E-state index in [1.165, 1.54) is 11.3 Å². The number of nitrogens with one attached hydrogen (secondary N) is 2. The fourth-order valence-electron chi connectivity index (χ4n) is 1.78. The first-order valence-corrected chi connectivity index (χ1v) is 9.06. The molecule has 0 aliphatic rings. The van der Waals surface area contributed by atoms with Crippen molar-refractivity contribution >= 4 is 39.1 Å². The van der Waals surface area contributed by atoms with E-state index < -0.39 is 0 Å². The summed E-state index contributed by atoms with van der Waals surface area (Å²) in [6, 6.07) is 7.03. The molecule has 25 heavy (non-hydrogen) atoms. The van der Waals surface area contributed by atoms with Crippen molar-refractivity contribution in [1.82, 2.24) is 15.6 Å². The smallest absolute Gasteiger partial charge is 0.261 e. The number of halogens is 1. The average molecular weight is 428 g/mol. The van der Waals surface area contributed by atoms with Crippen LogP contribution in [0, 0.1) is 0 Å². The van der Waals surface area contributed by atoms with Gasteiger partial charge in [-0.15, -0.1) is 11.3 Å². The van der Waals surface area contributed by atoms with Crippen LogP contribution >= 0.6 is 27.3 Å². The molecule has 9 heteroatoms. The standard InChI is InChI=1S/C16H18BrN3O4S/c1-23-6-7-24-15-5-2-11(9-19-15)8-18-14(21)10-20-16(22)12-3-4-13(17)25-12/h2-5,9H,6-8,10H2,1H3,(H,18,21)(H,20,22). The topological polar surface area (TPSA) is 89.5 Å². The Kier molecular flexibility index (Phi) is 7.83. The summed E-state index contributed by atoms with van der Waals surface area (Å²) in [6.07, 6.45) is 1.63. The van der Waals surface area contributed by atoms with Crippen LogP contribution in [-0.2, 0) is 16.1 Å². The molecule has 0 fully saturated rings. The van der Waals surface area contributed by atoms with E-state index in [4.69, 9.17) is 9.47 Å². The van der Waals surface area contributed by atoms with E-state index in [2.05, 4.69) is 31.5 Å². The van der Waals surface area contributed by atoms with Crippen LogP contribution in [0.1, 0.15) is 15.2 Å². The third-order valence-electron chi connectivity index (χ3n) is 3.03. The molecule has 2 aromatic heterocycles. The molecule has 2 rings (SSSR count).